The van der Waals surface area contributed by atoms with Crippen LogP contribution in [-0.2, 0) is 0 Å². The first-order chi connectivity index (χ1) is 10.4. The maximum Gasteiger partial charge on any atom is 0.272 e. The van der Waals surface area contributed by atoms with Crippen LogP contribution in [-0.4, -0.2) is 12.1 Å². The van der Waals surface area contributed by atoms with E-state index >= 15 is 0 Å². The Hall–Kier alpha value is -1.84. The summed E-state index contributed by atoms with van der Waals surface area (Å²) in [6.07, 6.45) is 1.64. The number of carbonyl (C=O) groups excluding carboxylic acids is 1. The Morgan fingerprint density at radius 1 is 1.09 bits per heavy atom. The second kappa shape index (κ2) is 6.95. The van der Waals surface area contributed by atoms with Crippen molar-refractivity contribution in [3.8, 4) is 0 Å². The summed E-state index contributed by atoms with van der Waals surface area (Å²) in [5.74, 6) is -0.397. The summed E-state index contributed by atoms with van der Waals surface area (Å²) in [5.41, 5.74) is 7.17. The molecule has 0 heterocycles. The lowest BCUT2D eigenvalue weighted by molar-refractivity contribution is 0.0955. The monoisotopic (exact) mass is 334 g/mol. The van der Waals surface area contributed by atoms with Gasteiger partial charge in [0, 0.05) is 10.6 Å². The number of hydrogen-bond donors (Lipinski definition) is 1. The quantitative estimate of drug-likeness (QED) is 0.642. The fourth-order valence-corrected chi connectivity index (χ4v) is 2.66. The SMILES string of the molecule is Cc1cc(C)c(/C=N\NC(=O)c2cc(Cl)ccc2Cl)c(C)c1. The lowest BCUT2D eigenvalue weighted by atomic mass is 10.0. The molecule has 0 unspecified atom stereocenters. The van der Waals surface area contributed by atoms with Gasteiger partial charge in [0.1, 0.15) is 0 Å². The van der Waals surface area contributed by atoms with Crippen LogP contribution in [0.1, 0.15) is 32.6 Å². The van der Waals surface area contributed by atoms with Crippen molar-refractivity contribution in [2.75, 3.05) is 0 Å². The summed E-state index contributed by atoms with van der Waals surface area (Å²) in [7, 11) is 0. The molecule has 0 aromatic heterocycles. The van der Waals surface area contributed by atoms with Crippen LogP contribution in [0.15, 0.2) is 35.4 Å². The highest BCUT2D eigenvalue weighted by atomic mass is 35.5. The van der Waals surface area contributed by atoms with Crippen LogP contribution in [0.2, 0.25) is 10.0 Å². The molecule has 3 nitrogen and oxygen atoms in total. The Kier molecular flexibility index (Phi) is 5.22. The standard InChI is InChI=1S/C17H16Cl2N2O/c1-10-6-11(2)15(12(3)7-10)9-20-21-17(22)14-8-13(18)4-5-16(14)19/h4-9H,1-3H3,(H,21,22)/b20-9-. The molecule has 0 saturated heterocycles. The molecule has 0 atom stereocenters. The van der Waals surface area contributed by atoms with Gasteiger partial charge >= 0.3 is 0 Å². The number of halogens is 2. The highest BCUT2D eigenvalue weighted by Crippen LogP contribution is 2.20. The fourth-order valence-electron chi connectivity index (χ4n) is 2.28. The molecule has 0 aliphatic rings. The van der Waals surface area contributed by atoms with E-state index in [0.717, 1.165) is 16.7 Å². The molecule has 5 heteroatoms. The number of nitrogens with zero attached hydrogens (tertiary/aromatic N) is 1. The van der Waals surface area contributed by atoms with Crippen LogP contribution in [0.4, 0.5) is 0 Å². The first-order valence-electron chi connectivity index (χ1n) is 6.75. The average molecular weight is 335 g/mol. The molecule has 22 heavy (non-hydrogen) atoms. The van der Waals surface area contributed by atoms with Gasteiger partial charge in [-0.3, -0.25) is 4.79 Å². The van der Waals surface area contributed by atoms with Crippen LogP contribution in [0.25, 0.3) is 0 Å². The highest BCUT2D eigenvalue weighted by Gasteiger charge is 2.10. The van der Waals surface area contributed by atoms with Crippen molar-refractivity contribution in [2.24, 2.45) is 5.10 Å². The van der Waals surface area contributed by atoms with Crippen molar-refractivity contribution in [2.45, 2.75) is 20.8 Å². The lowest BCUT2D eigenvalue weighted by Crippen LogP contribution is -2.18. The molecule has 0 saturated carbocycles. The van der Waals surface area contributed by atoms with Crippen molar-refractivity contribution < 1.29 is 4.79 Å². The summed E-state index contributed by atoms with van der Waals surface area (Å²) in [6.45, 7) is 6.07. The van der Waals surface area contributed by atoms with Gasteiger partial charge in [-0.05, 0) is 50.1 Å². The second-order valence-electron chi connectivity index (χ2n) is 5.14. The summed E-state index contributed by atoms with van der Waals surface area (Å²) < 4.78 is 0. The molecule has 2 rings (SSSR count). The van der Waals surface area contributed by atoms with E-state index in [0.29, 0.717) is 15.6 Å². The van der Waals surface area contributed by atoms with Gasteiger partial charge < -0.3 is 0 Å². The number of nitrogens with one attached hydrogen (secondary N) is 1. The zero-order valence-corrected chi connectivity index (χ0v) is 14.1. The topological polar surface area (TPSA) is 41.5 Å². The molecular formula is C17H16Cl2N2O. The summed E-state index contributed by atoms with van der Waals surface area (Å²) in [4.78, 5) is 12.1. The van der Waals surface area contributed by atoms with Crippen LogP contribution in [0, 0.1) is 20.8 Å². The molecule has 0 bridgehead atoms. The highest BCUT2D eigenvalue weighted by molar-refractivity contribution is 6.35. The molecule has 1 amide bonds. The van der Waals surface area contributed by atoms with Gasteiger partial charge in [-0.15, -0.1) is 0 Å². The number of benzene rings is 2. The predicted octanol–water partition coefficient (Wildman–Crippen LogP) is 4.68. The van der Waals surface area contributed by atoms with E-state index in [1.165, 1.54) is 11.6 Å². The Morgan fingerprint density at radius 2 is 1.73 bits per heavy atom. The number of amides is 1. The van der Waals surface area contributed by atoms with E-state index in [-0.39, 0.29) is 0 Å². The van der Waals surface area contributed by atoms with Crippen molar-refractivity contribution in [1.29, 1.82) is 0 Å². The van der Waals surface area contributed by atoms with Crippen LogP contribution in [0.5, 0.6) is 0 Å². The maximum absolute atomic E-state index is 12.1. The summed E-state index contributed by atoms with van der Waals surface area (Å²) >= 11 is 11.9. The number of aryl methyl sites for hydroxylation is 3. The van der Waals surface area contributed by atoms with Gasteiger partial charge in [0.05, 0.1) is 16.8 Å². The lowest BCUT2D eigenvalue weighted by Gasteiger charge is -2.07. The van der Waals surface area contributed by atoms with Gasteiger partial charge in [-0.2, -0.15) is 5.10 Å². The number of rotatable bonds is 3. The smallest absolute Gasteiger partial charge is 0.267 e. The van der Waals surface area contributed by atoms with Gasteiger partial charge in [-0.1, -0.05) is 40.9 Å². The van der Waals surface area contributed by atoms with E-state index in [9.17, 15) is 4.79 Å². The summed E-state index contributed by atoms with van der Waals surface area (Å²) in [5, 5.41) is 4.79. The van der Waals surface area contributed by atoms with Gasteiger partial charge in [-0.25, -0.2) is 5.43 Å². The fraction of sp³-hybridized carbons (Fsp3) is 0.176. The molecule has 0 radical (unpaired) electrons. The van der Waals surface area contributed by atoms with Gasteiger partial charge in [0.25, 0.3) is 5.91 Å². The zero-order chi connectivity index (χ0) is 16.3. The third-order valence-electron chi connectivity index (χ3n) is 3.27. The first kappa shape index (κ1) is 16.5. The van der Waals surface area contributed by atoms with Crippen molar-refractivity contribution >= 4 is 35.3 Å². The molecule has 2 aromatic carbocycles. The Labute approximate surface area is 139 Å². The summed E-state index contributed by atoms with van der Waals surface area (Å²) in [6, 6.07) is 8.87. The van der Waals surface area contributed by atoms with E-state index in [2.05, 4.69) is 22.7 Å². The molecule has 0 aliphatic heterocycles. The molecular weight excluding hydrogens is 319 g/mol. The number of hydrazone groups is 1. The molecule has 1 N–H and O–H groups in total. The van der Waals surface area contributed by atoms with Crippen LogP contribution < -0.4 is 5.43 Å². The van der Waals surface area contributed by atoms with Crippen LogP contribution >= 0.6 is 23.2 Å². The van der Waals surface area contributed by atoms with E-state index in [4.69, 9.17) is 23.2 Å². The third kappa shape index (κ3) is 3.87. The van der Waals surface area contributed by atoms with Crippen molar-refractivity contribution in [1.82, 2.24) is 5.43 Å². The van der Waals surface area contributed by atoms with Crippen molar-refractivity contribution in [3.63, 3.8) is 0 Å². The third-order valence-corrected chi connectivity index (χ3v) is 3.84. The van der Waals surface area contributed by atoms with E-state index < -0.39 is 5.91 Å². The Bertz CT molecular complexity index is 731. The Balaban J connectivity index is 2.16. The second-order valence-corrected chi connectivity index (χ2v) is 5.98. The van der Waals surface area contributed by atoms with Gasteiger partial charge in [0.15, 0.2) is 0 Å². The zero-order valence-electron chi connectivity index (χ0n) is 12.6. The Morgan fingerprint density at radius 3 is 2.36 bits per heavy atom. The average Bonchev–Trinajstić information content (AvgIpc) is 2.44. The number of hydrogen-bond acceptors (Lipinski definition) is 2. The molecule has 114 valence electrons. The van der Waals surface area contributed by atoms with E-state index in [1.54, 1.807) is 18.3 Å². The molecule has 0 fully saturated rings. The largest absolute Gasteiger partial charge is 0.272 e. The predicted molar refractivity (Wildman–Crippen MR) is 92.2 cm³/mol. The minimum Gasteiger partial charge on any atom is -0.267 e. The molecule has 2 aromatic rings. The number of carbonyl (C=O) groups is 1. The van der Waals surface area contributed by atoms with E-state index in [1.807, 2.05) is 20.8 Å². The minimum absolute atomic E-state index is 0.295. The maximum atomic E-state index is 12.1. The minimum atomic E-state index is -0.397. The molecule has 0 aliphatic carbocycles. The van der Waals surface area contributed by atoms with Gasteiger partial charge in [0.2, 0.25) is 0 Å². The molecule has 0 spiro atoms. The first-order valence-corrected chi connectivity index (χ1v) is 7.50. The normalized spacial score (nSPS) is 11.0. The van der Waals surface area contributed by atoms with Crippen LogP contribution in [0.3, 0.4) is 0 Å². The van der Waals surface area contributed by atoms with Crippen molar-refractivity contribution in [3.05, 3.63) is 68.2 Å².